The summed E-state index contributed by atoms with van der Waals surface area (Å²) < 4.78 is 0. The standard InChI is InChI=1S/C4H4O4/c5-3(6)1-2-4(7)8/h1-2H,(H,5,6)(H,7,8)/b2-1+/i3+1. The van der Waals surface area contributed by atoms with Gasteiger partial charge >= 0.3 is 11.9 Å². The highest BCUT2D eigenvalue weighted by atomic mass is 16.5. The van der Waals surface area contributed by atoms with Gasteiger partial charge in [-0.1, -0.05) is 0 Å². The summed E-state index contributed by atoms with van der Waals surface area (Å²) in [4.78, 5) is 19.1. The number of carboxylic acids is 2. The van der Waals surface area contributed by atoms with Crippen molar-refractivity contribution in [1.82, 2.24) is 0 Å². The molecule has 0 aromatic rings. The molecule has 0 aliphatic rings. The van der Waals surface area contributed by atoms with E-state index in [1.54, 1.807) is 0 Å². The molecule has 0 saturated carbocycles. The third-order valence-corrected chi connectivity index (χ3v) is 0.368. The zero-order valence-corrected chi connectivity index (χ0v) is 3.87. The predicted octanol–water partition coefficient (Wildman–Crippen LogP) is -0.288. The molecule has 0 bridgehead atoms. The van der Waals surface area contributed by atoms with Gasteiger partial charge in [0.25, 0.3) is 0 Å². The van der Waals surface area contributed by atoms with Crippen LogP contribution in [0.5, 0.6) is 0 Å². The Balaban J connectivity index is 3.67. The maximum Gasteiger partial charge on any atom is 0.328 e. The fourth-order valence-corrected chi connectivity index (χ4v) is 0.143. The number of aliphatic carboxylic acids is 2. The molecule has 0 aromatic carbocycles. The topological polar surface area (TPSA) is 74.6 Å². The smallest absolute Gasteiger partial charge is 0.328 e. The Bertz CT molecular complexity index is 119. The lowest BCUT2D eigenvalue weighted by molar-refractivity contribution is -0.134. The van der Waals surface area contributed by atoms with Gasteiger partial charge in [0.15, 0.2) is 0 Å². The van der Waals surface area contributed by atoms with Gasteiger partial charge in [0.2, 0.25) is 0 Å². The fourth-order valence-electron chi connectivity index (χ4n) is 0.143. The number of carbonyl (C=O) groups is 2. The maximum absolute atomic E-state index is 9.55. The number of hydrogen-bond acceptors (Lipinski definition) is 2. The quantitative estimate of drug-likeness (QED) is 0.385. The van der Waals surface area contributed by atoms with Crippen LogP contribution in [-0.2, 0) is 9.59 Å². The first kappa shape index (κ1) is 6.68. The highest BCUT2D eigenvalue weighted by molar-refractivity contribution is 5.89. The van der Waals surface area contributed by atoms with E-state index in [1.807, 2.05) is 0 Å². The molecule has 0 radical (unpaired) electrons. The van der Waals surface area contributed by atoms with Gasteiger partial charge < -0.3 is 10.2 Å². The largest absolute Gasteiger partial charge is 0.478 e. The van der Waals surface area contributed by atoms with Crippen LogP contribution < -0.4 is 0 Å². The summed E-state index contributed by atoms with van der Waals surface area (Å²) in [6.45, 7) is 0. The second-order valence-corrected chi connectivity index (χ2v) is 1.01. The molecule has 2 N–H and O–H groups in total. The van der Waals surface area contributed by atoms with E-state index in [2.05, 4.69) is 0 Å². The third-order valence-electron chi connectivity index (χ3n) is 0.368. The summed E-state index contributed by atoms with van der Waals surface area (Å²) in [6, 6.07) is 0. The molecule has 0 saturated heterocycles. The van der Waals surface area contributed by atoms with E-state index in [4.69, 9.17) is 10.2 Å². The number of rotatable bonds is 2. The summed E-state index contributed by atoms with van der Waals surface area (Å²) >= 11 is 0. The fraction of sp³-hybridized carbons (Fsp3) is 0. The summed E-state index contributed by atoms with van der Waals surface area (Å²) in [5.41, 5.74) is 0. The first-order chi connectivity index (χ1) is 3.63. The highest BCUT2D eigenvalue weighted by Gasteiger charge is 1.88. The number of carboxylic acid groups (broad SMARTS) is 2. The predicted molar refractivity (Wildman–Crippen MR) is 24.4 cm³/mol. The molecular weight excluding hydrogens is 113 g/mol. The zero-order chi connectivity index (χ0) is 6.57. The monoisotopic (exact) mass is 117 g/mol. The maximum atomic E-state index is 9.55. The van der Waals surface area contributed by atoms with E-state index in [9.17, 15) is 9.59 Å². The van der Waals surface area contributed by atoms with Crippen molar-refractivity contribution in [1.29, 1.82) is 0 Å². The summed E-state index contributed by atoms with van der Waals surface area (Å²) in [6.07, 6.45) is 1.12. The van der Waals surface area contributed by atoms with Crippen LogP contribution in [0.2, 0.25) is 0 Å². The first-order valence-corrected chi connectivity index (χ1v) is 1.77. The minimum absolute atomic E-state index is 0.558. The van der Waals surface area contributed by atoms with Crippen LogP contribution in [-0.4, -0.2) is 22.2 Å². The van der Waals surface area contributed by atoms with E-state index in [1.165, 1.54) is 0 Å². The SMILES string of the molecule is O=C(O)/C=C/[13C](=O)O. The van der Waals surface area contributed by atoms with Crippen LogP contribution in [0.3, 0.4) is 0 Å². The lowest BCUT2D eigenvalue weighted by Crippen LogP contribution is -1.91. The molecular formula is C4H4O4. The molecule has 0 amide bonds. The van der Waals surface area contributed by atoms with Crippen molar-refractivity contribution in [3.05, 3.63) is 12.2 Å². The summed E-state index contributed by atoms with van der Waals surface area (Å²) in [7, 11) is 0. The van der Waals surface area contributed by atoms with Crippen molar-refractivity contribution < 1.29 is 19.8 Å². The minimum Gasteiger partial charge on any atom is -0.478 e. The van der Waals surface area contributed by atoms with Crippen molar-refractivity contribution in [3.63, 3.8) is 0 Å². The van der Waals surface area contributed by atoms with Crippen LogP contribution in [0.4, 0.5) is 0 Å². The van der Waals surface area contributed by atoms with Gasteiger partial charge in [0.05, 0.1) is 0 Å². The van der Waals surface area contributed by atoms with E-state index < -0.39 is 11.9 Å². The van der Waals surface area contributed by atoms with Crippen molar-refractivity contribution in [2.24, 2.45) is 0 Å². The van der Waals surface area contributed by atoms with Crippen molar-refractivity contribution in [2.75, 3.05) is 0 Å². The molecule has 4 heteroatoms. The minimum atomic E-state index is -1.26. The molecule has 4 nitrogen and oxygen atoms in total. The molecule has 0 aliphatic heterocycles. The summed E-state index contributed by atoms with van der Waals surface area (Å²) in [5.74, 6) is -2.51. The van der Waals surface area contributed by atoms with Crippen LogP contribution in [0.1, 0.15) is 0 Å². The van der Waals surface area contributed by atoms with Crippen molar-refractivity contribution in [3.8, 4) is 0 Å². The van der Waals surface area contributed by atoms with Crippen LogP contribution in [0.15, 0.2) is 12.2 Å². The Hall–Kier alpha value is -1.32. The van der Waals surface area contributed by atoms with Gasteiger partial charge in [-0.2, -0.15) is 0 Å². The van der Waals surface area contributed by atoms with Gasteiger partial charge in [-0.3, -0.25) is 0 Å². The van der Waals surface area contributed by atoms with E-state index in [0.29, 0.717) is 12.2 Å². The Morgan fingerprint density at radius 1 is 1.00 bits per heavy atom. The molecule has 0 fully saturated rings. The van der Waals surface area contributed by atoms with E-state index in [0.717, 1.165) is 0 Å². The van der Waals surface area contributed by atoms with Crippen LogP contribution in [0, 0.1) is 0 Å². The van der Waals surface area contributed by atoms with E-state index >= 15 is 0 Å². The Kier molecular flexibility index (Phi) is 2.33. The average Bonchev–Trinajstić information content (AvgIpc) is 1.61. The molecule has 0 rings (SSSR count). The van der Waals surface area contributed by atoms with Crippen molar-refractivity contribution >= 4 is 11.9 Å². The molecule has 0 aliphatic carbocycles. The van der Waals surface area contributed by atoms with E-state index in [-0.39, 0.29) is 0 Å². The van der Waals surface area contributed by atoms with Gasteiger partial charge in [-0.25, -0.2) is 9.59 Å². The second-order valence-electron chi connectivity index (χ2n) is 1.01. The first-order valence-electron chi connectivity index (χ1n) is 1.77. The lowest BCUT2D eigenvalue weighted by atomic mass is 10.6. The van der Waals surface area contributed by atoms with Gasteiger partial charge in [0.1, 0.15) is 0 Å². The normalized spacial score (nSPS) is 9.50. The lowest BCUT2D eigenvalue weighted by Gasteiger charge is -1.74. The van der Waals surface area contributed by atoms with Gasteiger partial charge in [0, 0.05) is 12.2 Å². The van der Waals surface area contributed by atoms with Gasteiger partial charge in [-0.15, -0.1) is 0 Å². The third kappa shape index (κ3) is 4.68. The molecule has 0 aromatic heterocycles. The van der Waals surface area contributed by atoms with Crippen LogP contribution >= 0.6 is 0 Å². The molecule has 0 spiro atoms. The average molecular weight is 117 g/mol. The molecule has 0 atom stereocenters. The molecule has 0 heterocycles. The highest BCUT2D eigenvalue weighted by Crippen LogP contribution is 1.70. The molecule has 8 heavy (non-hydrogen) atoms. The second kappa shape index (κ2) is 2.79. The Labute approximate surface area is 45.1 Å². The Morgan fingerprint density at radius 2 is 1.25 bits per heavy atom. The van der Waals surface area contributed by atoms with Gasteiger partial charge in [-0.05, 0) is 0 Å². The molecule has 0 unspecified atom stereocenters. The molecule has 44 valence electrons. The van der Waals surface area contributed by atoms with Crippen LogP contribution in [0.25, 0.3) is 0 Å². The zero-order valence-electron chi connectivity index (χ0n) is 3.87. The Morgan fingerprint density at radius 3 is 1.38 bits per heavy atom. The summed E-state index contributed by atoms with van der Waals surface area (Å²) in [5, 5.41) is 15.6. The van der Waals surface area contributed by atoms with Crippen molar-refractivity contribution in [2.45, 2.75) is 0 Å². The number of hydrogen-bond donors (Lipinski definition) is 2.